The fraction of sp³-hybridized carbons (Fsp3) is 0.450. The first-order chi connectivity index (χ1) is 12.8. The second-order valence-electron chi connectivity index (χ2n) is 6.37. The molecule has 0 aliphatic carbocycles. The monoisotopic (exact) mass is 354 g/mol. The highest BCUT2D eigenvalue weighted by molar-refractivity contribution is 5.93. The van der Waals surface area contributed by atoms with Crippen molar-refractivity contribution in [3.05, 3.63) is 42.1 Å². The smallest absolute Gasteiger partial charge is 0.272 e. The van der Waals surface area contributed by atoms with E-state index < -0.39 is 0 Å². The molecular weight excluding hydrogens is 328 g/mol. The molecule has 0 radical (unpaired) electrons. The molecule has 2 heterocycles. The van der Waals surface area contributed by atoms with Gasteiger partial charge in [0.2, 0.25) is 0 Å². The maximum atomic E-state index is 12.9. The molecule has 1 aliphatic rings. The summed E-state index contributed by atoms with van der Waals surface area (Å²) in [5.41, 5.74) is 1.33. The molecule has 26 heavy (non-hydrogen) atoms. The second-order valence-corrected chi connectivity index (χ2v) is 6.37. The zero-order valence-electron chi connectivity index (χ0n) is 15.3. The van der Waals surface area contributed by atoms with Gasteiger partial charge in [-0.15, -0.1) is 0 Å². The Labute approximate surface area is 154 Å². The summed E-state index contributed by atoms with van der Waals surface area (Å²) in [5, 5.41) is 3.34. The van der Waals surface area contributed by atoms with Crippen LogP contribution in [-0.2, 0) is 4.74 Å². The van der Waals surface area contributed by atoms with E-state index in [-0.39, 0.29) is 5.91 Å². The van der Waals surface area contributed by atoms with Crippen LogP contribution in [0.15, 0.2) is 36.4 Å². The number of hydrogen-bond donors (Lipinski definition) is 1. The molecule has 1 aromatic carbocycles. The molecule has 1 saturated heterocycles. The lowest BCUT2D eigenvalue weighted by Crippen LogP contribution is -2.41. The van der Waals surface area contributed by atoms with Crippen LogP contribution in [0.25, 0.3) is 11.4 Å². The van der Waals surface area contributed by atoms with E-state index >= 15 is 0 Å². The number of morpholine rings is 1. The Kier molecular flexibility index (Phi) is 6.55. The van der Waals surface area contributed by atoms with Gasteiger partial charge in [-0.05, 0) is 6.42 Å². The molecule has 0 unspecified atom stereocenters. The number of carbonyl (C=O) groups excluding carboxylic acids is 1. The summed E-state index contributed by atoms with van der Waals surface area (Å²) in [6, 6.07) is 11.5. The summed E-state index contributed by atoms with van der Waals surface area (Å²) in [7, 11) is 0. The van der Waals surface area contributed by atoms with Crippen molar-refractivity contribution in [3.8, 4) is 11.4 Å². The third-order valence-electron chi connectivity index (χ3n) is 4.36. The average molecular weight is 354 g/mol. The fourth-order valence-corrected chi connectivity index (χ4v) is 2.88. The van der Waals surface area contributed by atoms with Crippen molar-refractivity contribution in [3.63, 3.8) is 0 Å². The van der Waals surface area contributed by atoms with Gasteiger partial charge in [0, 0.05) is 31.3 Å². The summed E-state index contributed by atoms with van der Waals surface area (Å²) < 4.78 is 5.34. The van der Waals surface area contributed by atoms with Crippen LogP contribution in [0.1, 0.15) is 36.7 Å². The number of unbranched alkanes of at least 4 members (excludes halogenated alkanes) is 2. The van der Waals surface area contributed by atoms with E-state index in [1.165, 1.54) is 12.8 Å². The lowest BCUT2D eigenvalue weighted by atomic mass is 10.2. The van der Waals surface area contributed by atoms with E-state index in [0.717, 1.165) is 18.5 Å². The Morgan fingerprint density at radius 1 is 1.15 bits per heavy atom. The maximum absolute atomic E-state index is 12.9. The molecule has 0 atom stereocenters. The number of carbonyl (C=O) groups is 1. The summed E-state index contributed by atoms with van der Waals surface area (Å²) in [5.74, 6) is 1.21. The number of nitrogens with zero attached hydrogens (tertiary/aromatic N) is 3. The van der Waals surface area contributed by atoms with E-state index in [9.17, 15) is 4.79 Å². The van der Waals surface area contributed by atoms with Gasteiger partial charge < -0.3 is 15.0 Å². The van der Waals surface area contributed by atoms with E-state index in [2.05, 4.69) is 22.2 Å². The standard InChI is InChI=1S/C20H26N4O2/c1-2-3-7-10-21-18-15-17(20(25)24-11-13-26-14-12-24)22-19(23-18)16-8-5-4-6-9-16/h4-6,8-9,15H,2-3,7,10-14H2,1H3,(H,21,22,23). The van der Waals surface area contributed by atoms with Crippen molar-refractivity contribution in [2.45, 2.75) is 26.2 Å². The molecule has 3 rings (SSSR count). The van der Waals surface area contributed by atoms with Crippen LogP contribution in [-0.4, -0.2) is 53.6 Å². The minimum Gasteiger partial charge on any atom is -0.378 e. The quantitative estimate of drug-likeness (QED) is 0.773. The van der Waals surface area contributed by atoms with Gasteiger partial charge >= 0.3 is 0 Å². The summed E-state index contributed by atoms with van der Waals surface area (Å²) in [6.07, 6.45) is 3.42. The number of rotatable bonds is 7. The summed E-state index contributed by atoms with van der Waals surface area (Å²) in [6.45, 7) is 5.36. The van der Waals surface area contributed by atoms with E-state index in [4.69, 9.17) is 4.74 Å². The van der Waals surface area contributed by atoms with Crippen LogP contribution in [0.4, 0.5) is 5.82 Å². The van der Waals surface area contributed by atoms with Crippen molar-refractivity contribution in [2.24, 2.45) is 0 Å². The van der Waals surface area contributed by atoms with E-state index in [0.29, 0.717) is 43.6 Å². The predicted octanol–water partition coefficient (Wildman–Crippen LogP) is 3.22. The molecule has 2 aromatic rings. The van der Waals surface area contributed by atoms with Gasteiger partial charge in [0.05, 0.1) is 13.2 Å². The molecule has 6 nitrogen and oxygen atoms in total. The van der Waals surface area contributed by atoms with Crippen molar-refractivity contribution >= 4 is 11.7 Å². The minimum atomic E-state index is -0.0653. The van der Waals surface area contributed by atoms with Gasteiger partial charge in [-0.25, -0.2) is 9.97 Å². The van der Waals surface area contributed by atoms with Gasteiger partial charge in [-0.1, -0.05) is 50.1 Å². The summed E-state index contributed by atoms with van der Waals surface area (Å²) >= 11 is 0. The van der Waals surface area contributed by atoms with Crippen LogP contribution < -0.4 is 5.32 Å². The normalized spacial score (nSPS) is 14.3. The second kappa shape index (κ2) is 9.29. The van der Waals surface area contributed by atoms with Gasteiger partial charge in [-0.2, -0.15) is 0 Å². The number of aromatic nitrogens is 2. The van der Waals surface area contributed by atoms with Crippen LogP contribution >= 0.6 is 0 Å². The maximum Gasteiger partial charge on any atom is 0.272 e. The largest absolute Gasteiger partial charge is 0.378 e. The Morgan fingerprint density at radius 2 is 1.92 bits per heavy atom. The van der Waals surface area contributed by atoms with Crippen LogP contribution in [0.3, 0.4) is 0 Å². The van der Waals surface area contributed by atoms with Gasteiger partial charge in [-0.3, -0.25) is 4.79 Å². The zero-order chi connectivity index (χ0) is 18.2. The van der Waals surface area contributed by atoms with Crippen molar-refractivity contribution in [1.82, 2.24) is 14.9 Å². The predicted molar refractivity (Wildman–Crippen MR) is 102 cm³/mol. The van der Waals surface area contributed by atoms with E-state index in [1.54, 1.807) is 11.0 Å². The molecule has 0 bridgehead atoms. The Hall–Kier alpha value is -2.47. The van der Waals surface area contributed by atoms with Crippen LogP contribution in [0.5, 0.6) is 0 Å². The number of benzene rings is 1. The molecule has 1 fully saturated rings. The third kappa shape index (κ3) is 4.79. The number of amides is 1. The highest BCUT2D eigenvalue weighted by atomic mass is 16.5. The molecule has 1 N–H and O–H groups in total. The topological polar surface area (TPSA) is 67.4 Å². The van der Waals surface area contributed by atoms with Gasteiger partial charge in [0.25, 0.3) is 5.91 Å². The van der Waals surface area contributed by atoms with Crippen molar-refractivity contribution < 1.29 is 9.53 Å². The molecule has 1 amide bonds. The Balaban J connectivity index is 1.85. The number of anilines is 1. The minimum absolute atomic E-state index is 0.0653. The number of hydrogen-bond acceptors (Lipinski definition) is 5. The van der Waals surface area contributed by atoms with Crippen molar-refractivity contribution in [2.75, 3.05) is 38.2 Å². The molecule has 1 aliphatic heterocycles. The third-order valence-corrected chi connectivity index (χ3v) is 4.36. The van der Waals surface area contributed by atoms with Gasteiger partial charge in [0.1, 0.15) is 11.5 Å². The molecule has 6 heteroatoms. The summed E-state index contributed by atoms with van der Waals surface area (Å²) in [4.78, 5) is 23.8. The van der Waals surface area contributed by atoms with E-state index in [1.807, 2.05) is 30.3 Å². The lowest BCUT2D eigenvalue weighted by molar-refractivity contribution is 0.0299. The first-order valence-corrected chi connectivity index (χ1v) is 9.33. The number of nitrogens with one attached hydrogen (secondary N) is 1. The first-order valence-electron chi connectivity index (χ1n) is 9.33. The highest BCUT2D eigenvalue weighted by Gasteiger charge is 2.21. The first kappa shape index (κ1) is 18.3. The number of ether oxygens (including phenoxy) is 1. The molecule has 138 valence electrons. The Bertz CT molecular complexity index is 715. The highest BCUT2D eigenvalue weighted by Crippen LogP contribution is 2.19. The average Bonchev–Trinajstić information content (AvgIpc) is 2.72. The zero-order valence-corrected chi connectivity index (χ0v) is 15.3. The molecule has 1 aromatic heterocycles. The fourth-order valence-electron chi connectivity index (χ4n) is 2.88. The van der Waals surface area contributed by atoms with Crippen molar-refractivity contribution in [1.29, 1.82) is 0 Å². The molecular formula is C20H26N4O2. The van der Waals surface area contributed by atoms with Gasteiger partial charge in [0.15, 0.2) is 5.82 Å². The molecule has 0 saturated carbocycles. The molecule has 0 spiro atoms. The van der Waals surface area contributed by atoms with Crippen LogP contribution in [0, 0.1) is 0 Å². The Morgan fingerprint density at radius 3 is 2.65 bits per heavy atom. The SMILES string of the molecule is CCCCCNc1cc(C(=O)N2CCOCC2)nc(-c2ccccc2)n1. The lowest BCUT2D eigenvalue weighted by Gasteiger charge is -2.26. The van der Waals surface area contributed by atoms with Crippen LogP contribution in [0.2, 0.25) is 0 Å².